The predicted octanol–water partition coefficient (Wildman–Crippen LogP) is 3.58. The number of nitrogens with one attached hydrogen (secondary N) is 2. The van der Waals surface area contributed by atoms with Crippen molar-refractivity contribution in [2.24, 2.45) is 0 Å². The van der Waals surface area contributed by atoms with Gasteiger partial charge in [-0.1, -0.05) is 18.2 Å². The van der Waals surface area contributed by atoms with Crippen molar-refractivity contribution in [1.82, 2.24) is 15.2 Å². The summed E-state index contributed by atoms with van der Waals surface area (Å²) in [5.41, 5.74) is 0.985. The molecule has 1 unspecified atom stereocenters. The number of para-hydroxylation sites is 1. The molecular formula is C25H28FN3O3. The van der Waals surface area contributed by atoms with E-state index in [1.165, 1.54) is 18.6 Å². The van der Waals surface area contributed by atoms with Crippen LogP contribution in [0.1, 0.15) is 31.2 Å². The topological polar surface area (TPSA) is 72.4 Å². The smallest absolute Gasteiger partial charge is 0.220 e. The largest absolute Gasteiger partial charge is 0.497 e. The maximum absolute atomic E-state index is 14.4. The van der Waals surface area contributed by atoms with Gasteiger partial charge in [-0.3, -0.25) is 9.59 Å². The number of nitrogens with zero attached hydrogens (tertiary/aromatic N) is 1. The number of fused-ring (bicyclic) bond motifs is 1. The lowest BCUT2D eigenvalue weighted by Crippen LogP contribution is -2.45. The zero-order valence-electron chi connectivity index (χ0n) is 18.2. The molecular weight excluding hydrogens is 409 g/mol. The zero-order valence-corrected chi connectivity index (χ0v) is 18.2. The van der Waals surface area contributed by atoms with Gasteiger partial charge in [0.15, 0.2) is 0 Å². The minimum atomic E-state index is -0.627. The van der Waals surface area contributed by atoms with Crippen molar-refractivity contribution in [1.29, 1.82) is 0 Å². The normalized spacial score (nSPS) is 18.0. The summed E-state index contributed by atoms with van der Waals surface area (Å²) in [6.07, 6.45) is 4.01. The van der Waals surface area contributed by atoms with Gasteiger partial charge in [-0.15, -0.1) is 0 Å². The Hall–Kier alpha value is -3.35. The molecule has 1 aliphatic rings. The fourth-order valence-electron chi connectivity index (χ4n) is 4.45. The van der Waals surface area contributed by atoms with Gasteiger partial charge in [0.2, 0.25) is 11.8 Å². The van der Waals surface area contributed by atoms with Crippen LogP contribution < -0.4 is 15.4 Å². The molecule has 0 spiro atoms. The van der Waals surface area contributed by atoms with Crippen LogP contribution in [0.4, 0.5) is 4.39 Å². The standard InChI is InChI=1S/C25H28FN3O3/c1-32-20-6-7-21(26)19(16-20)17-25(12-9-24(31)28-25)11-8-23(30)27-13-15-29-14-10-18-4-2-3-5-22(18)29/h2-7,10,14,16H,8-9,11-13,15,17H2,1H3,(H,27,30)(H,28,31). The highest BCUT2D eigenvalue weighted by molar-refractivity contribution is 5.81. The third-order valence-electron chi connectivity index (χ3n) is 6.20. The summed E-state index contributed by atoms with van der Waals surface area (Å²) in [7, 11) is 1.53. The molecule has 0 saturated carbocycles. The van der Waals surface area contributed by atoms with Crippen LogP contribution in [0, 0.1) is 5.82 Å². The summed E-state index contributed by atoms with van der Waals surface area (Å²) in [4.78, 5) is 24.5. The average molecular weight is 438 g/mol. The van der Waals surface area contributed by atoms with E-state index in [1.807, 2.05) is 18.3 Å². The van der Waals surface area contributed by atoms with Crippen molar-refractivity contribution in [3.63, 3.8) is 0 Å². The molecule has 0 aliphatic carbocycles. The van der Waals surface area contributed by atoms with Crippen molar-refractivity contribution < 1.29 is 18.7 Å². The van der Waals surface area contributed by atoms with Crippen LogP contribution in [-0.4, -0.2) is 35.6 Å². The van der Waals surface area contributed by atoms with E-state index in [-0.39, 0.29) is 24.1 Å². The van der Waals surface area contributed by atoms with Crippen molar-refractivity contribution in [2.75, 3.05) is 13.7 Å². The number of rotatable bonds is 9. The van der Waals surface area contributed by atoms with Crippen LogP contribution in [0.15, 0.2) is 54.7 Å². The molecule has 2 N–H and O–H groups in total. The van der Waals surface area contributed by atoms with E-state index in [9.17, 15) is 14.0 Å². The van der Waals surface area contributed by atoms with Crippen LogP contribution in [-0.2, 0) is 22.6 Å². The van der Waals surface area contributed by atoms with E-state index < -0.39 is 5.54 Å². The molecule has 1 fully saturated rings. The number of amides is 2. The van der Waals surface area contributed by atoms with Crippen molar-refractivity contribution in [3.8, 4) is 5.75 Å². The highest BCUT2D eigenvalue weighted by Crippen LogP contribution is 2.31. The van der Waals surface area contributed by atoms with Gasteiger partial charge >= 0.3 is 0 Å². The molecule has 3 aromatic rings. The molecule has 4 rings (SSSR count). The molecule has 2 aromatic carbocycles. The van der Waals surface area contributed by atoms with E-state index in [0.717, 1.165) is 5.52 Å². The van der Waals surface area contributed by atoms with Crippen LogP contribution in [0.5, 0.6) is 5.75 Å². The molecule has 1 aliphatic heterocycles. The Labute approximate surface area is 186 Å². The summed E-state index contributed by atoms with van der Waals surface area (Å²) >= 11 is 0. The van der Waals surface area contributed by atoms with Gasteiger partial charge in [-0.25, -0.2) is 4.39 Å². The molecule has 6 nitrogen and oxygen atoms in total. The van der Waals surface area contributed by atoms with Crippen LogP contribution >= 0.6 is 0 Å². The number of hydrogen-bond acceptors (Lipinski definition) is 3. The number of carbonyl (C=O) groups is 2. The maximum Gasteiger partial charge on any atom is 0.220 e. The van der Waals surface area contributed by atoms with Gasteiger partial charge in [0.05, 0.1) is 7.11 Å². The first-order valence-corrected chi connectivity index (χ1v) is 10.9. The summed E-state index contributed by atoms with van der Waals surface area (Å²) in [5.74, 6) is 0.0900. The molecule has 2 heterocycles. The molecule has 1 aromatic heterocycles. The van der Waals surface area contributed by atoms with Crippen molar-refractivity contribution >= 4 is 22.7 Å². The van der Waals surface area contributed by atoms with E-state index in [1.54, 1.807) is 12.1 Å². The minimum absolute atomic E-state index is 0.0619. The summed E-state index contributed by atoms with van der Waals surface area (Å²) < 4.78 is 21.7. The predicted molar refractivity (Wildman–Crippen MR) is 121 cm³/mol. The summed E-state index contributed by atoms with van der Waals surface area (Å²) in [6.45, 7) is 1.19. The second kappa shape index (κ2) is 9.42. The molecule has 2 amide bonds. The third kappa shape index (κ3) is 4.93. The van der Waals surface area contributed by atoms with Gasteiger partial charge in [0.25, 0.3) is 0 Å². The first-order valence-electron chi connectivity index (χ1n) is 10.9. The number of hydrogen-bond donors (Lipinski definition) is 2. The molecule has 32 heavy (non-hydrogen) atoms. The van der Waals surface area contributed by atoms with Gasteiger partial charge in [-0.05, 0) is 60.5 Å². The number of benzene rings is 2. The van der Waals surface area contributed by atoms with E-state index in [2.05, 4.69) is 33.4 Å². The highest BCUT2D eigenvalue weighted by atomic mass is 19.1. The fraction of sp³-hybridized carbons (Fsp3) is 0.360. The van der Waals surface area contributed by atoms with E-state index in [4.69, 9.17) is 4.74 Å². The quantitative estimate of drug-likeness (QED) is 0.538. The van der Waals surface area contributed by atoms with Gasteiger partial charge in [0.1, 0.15) is 11.6 Å². The molecule has 1 saturated heterocycles. The molecule has 0 bridgehead atoms. The van der Waals surface area contributed by atoms with Crippen molar-refractivity contribution in [3.05, 3.63) is 66.1 Å². The van der Waals surface area contributed by atoms with Crippen LogP contribution in [0.2, 0.25) is 0 Å². The van der Waals surface area contributed by atoms with Gasteiger partial charge in [-0.2, -0.15) is 0 Å². The monoisotopic (exact) mass is 437 g/mol. The minimum Gasteiger partial charge on any atom is -0.497 e. The third-order valence-corrected chi connectivity index (χ3v) is 6.20. The Morgan fingerprint density at radius 1 is 1.25 bits per heavy atom. The number of aromatic nitrogens is 1. The number of carbonyl (C=O) groups excluding carboxylic acids is 2. The SMILES string of the molecule is COc1ccc(F)c(CC2(CCC(=O)NCCn3ccc4ccccc43)CCC(=O)N2)c1. The second-order valence-corrected chi connectivity index (χ2v) is 8.38. The average Bonchev–Trinajstić information content (AvgIpc) is 3.38. The lowest BCUT2D eigenvalue weighted by Gasteiger charge is -2.29. The van der Waals surface area contributed by atoms with Crippen LogP contribution in [0.25, 0.3) is 10.9 Å². The fourth-order valence-corrected chi connectivity index (χ4v) is 4.45. The first kappa shape index (κ1) is 21.9. The molecule has 0 radical (unpaired) electrons. The Bertz CT molecular complexity index is 1130. The molecule has 7 heteroatoms. The lowest BCUT2D eigenvalue weighted by molar-refractivity contribution is -0.122. The van der Waals surface area contributed by atoms with Gasteiger partial charge < -0.3 is 19.9 Å². The molecule has 1 atom stereocenters. The highest BCUT2D eigenvalue weighted by Gasteiger charge is 2.38. The Morgan fingerprint density at radius 3 is 2.88 bits per heavy atom. The molecule has 168 valence electrons. The maximum atomic E-state index is 14.4. The summed E-state index contributed by atoms with van der Waals surface area (Å²) in [5, 5.41) is 7.14. The lowest BCUT2D eigenvalue weighted by atomic mass is 9.84. The van der Waals surface area contributed by atoms with E-state index >= 15 is 0 Å². The van der Waals surface area contributed by atoms with Crippen molar-refractivity contribution in [2.45, 2.75) is 44.2 Å². The number of halogens is 1. The number of methoxy groups -OCH3 is 1. The Balaban J connectivity index is 1.34. The number of ether oxygens (including phenoxy) is 1. The van der Waals surface area contributed by atoms with Crippen LogP contribution in [0.3, 0.4) is 0 Å². The summed E-state index contributed by atoms with van der Waals surface area (Å²) in [6, 6.07) is 14.8. The second-order valence-electron chi connectivity index (χ2n) is 8.38. The van der Waals surface area contributed by atoms with Gasteiger partial charge in [0, 0.05) is 43.2 Å². The zero-order chi connectivity index (χ0) is 22.6. The van der Waals surface area contributed by atoms with E-state index in [0.29, 0.717) is 50.1 Å². The Morgan fingerprint density at radius 2 is 2.09 bits per heavy atom. The Kier molecular flexibility index (Phi) is 6.44. The first-order chi connectivity index (χ1) is 15.5.